The molecule has 0 heterocycles. The molecule has 1 aromatic carbocycles. The summed E-state index contributed by atoms with van der Waals surface area (Å²) in [5.74, 6) is 6.06. The minimum absolute atomic E-state index is 0.488. The van der Waals surface area contributed by atoms with E-state index in [1.165, 1.54) is 29.5 Å². The summed E-state index contributed by atoms with van der Waals surface area (Å²) in [6.07, 6.45) is 3.69. The summed E-state index contributed by atoms with van der Waals surface area (Å²) in [6, 6.07) is 4.26. The fourth-order valence-corrected chi connectivity index (χ4v) is 1.92. The SMILES string of the molecule is CCCCCC(O)C#Cc1cc(C)c(C)cc1C. The number of aryl methyl sites for hydroxylation is 3. The summed E-state index contributed by atoms with van der Waals surface area (Å²) in [7, 11) is 0. The van der Waals surface area contributed by atoms with E-state index in [-0.39, 0.29) is 0 Å². The van der Waals surface area contributed by atoms with E-state index in [9.17, 15) is 5.11 Å². The normalized spacial score (nSPS) is 11.8. The molecule has 0 spiro atoms. The maximum Gasteiger partial charge on any atom is 0.115 e. The van der Waals surface area contributed by atoms with Crippen LogP contribution in [0.25, 0.3) is 0 Å². The number of rotatable bonds is 4. The minimum atomic E-state index is -0.488. The minimum Gasteiger partial charge on any atom is -0.380 e. The number of aliphatic hydroxyl groups is 1. The van der Waals surface area contributed by atoms with Gasteiger partial charge in [-0.1, -0.05) is 37.7 Å². The quantitative estimate of drug-likeness (QED) is 0.629. The third-order valence-electron chi connectivity index (χ3n) is 3.30. The molecule has 0 radical (unpaired) electrons. The number of hydrogen-bond donors (Lipinski definition) is 1. The van der Waals surface area contributed by atoms with E-state index in [1.54, 1.807) is 0 Å². The zero-order chi connectivity index (χ0) is 13.5. The van der Waals surface area contributed by atoms with E-state index >= 15 is 0 Å². The lowest BCUT2D eigenvalue weighted by Crippen LogP contribution is -2.02. The number of aliphatic hydroxyl groups excluding tert-OH is 1. The molecule has 0 saturated carbocycles. The molecule has 0 saturated heterocycles. The smallest absolute Gasteiger partial charge is 0.115 e. The van der Waals surface area contributed by atoms with Gasteiger partial charge in [0.2, 0.25) is 0 Å². The van der Waals surface area contributed by atoms with Gasteiger partial charge in [0.15, 0.2) is 0 Å². The van der Waals surface area contributed by atoms with Crippen molar-refractivity contribution in [3.05, 3.63) is 34.4 Å². The van der Waals surface area contributed by atoms with Crippen molar-refractivity contribution in [3.8, 4) is 11.8 Å². The fraction of sp³-hybridized carbons (Fsp3) is 0.529. The second-order valence-corrected chi connectivity index (χ2v) is 5.03. The van der Waals surface area contributed by atoms with Crippen molar-refractivity contribution in [1.29, 1.82) is 0 Å². The van der Waals surface area contributed by atoms with Crippen molar-refractivity contribution >= 4 is 0 Å². The second kappa shape index (κ2) is 7.24. The molecule has 1 heteroatoms. The van der Waals surface area contributed by atoms with Crippen molar-refractivity contribution in [2.45, 2.75) is 59.5 Å². The van der Waals surface area contributed by atoms with Gasteiger partial charge in [-0.05, 0) is 56.4 Å². The Morgan fingerprint density at radius 3 is 2.39 bits per heavy atom. The Morgan fingerprint density at radius 1 is 1.06 bits per heavy atom. The highest BCUT2D eigenvalue weighted by Gasteiger charge is 2.01. The van der Waals surface area contributed by atoms with Crippen LogP contribution in [0.5, 0.6) is 0 Å². The molecule has 0 fully saturated rings. The summed E-state index contributed by atoms with van der Waals surface area (Å²) >= 11 is 0. The first kappa shape index (κ1) is 14.8. The van der Waals surface area contributed by atoms with Gasteiger partial charge in [0.1, 0.15) is 6.10 Å². The monoisotopic (exact) mass is 244 g/mol. The Bertz CT molecular complexity index is 449. The van der Waals surface area contributed by atoms with Crippen LogP contribution in [0.2, 0.25) is 0 Å². The van der Waals surface area contributed by atoms with Crippen LogP contribution in [0.4, 0.5) is 0 Å². The molecule has 1 nitrogen and oxygen atoms in total. The zero-order valence-corrected chi connectivity index (χ0v) is 12.0. The van der Waals surface area contributed by atoms with Crippen LogP contribution in [0, 0.1) is 32.6 Å². The van der Waals surface area contributed by atoms with Gasteiger partial charge in [0.05, 0.1) is 0 Å². The Balaban J connectivity index is 2.70. The van der Waals surface area contributed by atoms with Crippen LogP contribution >= 0.6 is 0 Å². The highest BCUT2D eigenvalue weighted by Crippen LogP contribution is 2.14. The van der Waals surface area contributed by atoms with E-state index in [1.807, 2.05) is 0 Å². The number of benzene rings is 1. The largest absolute Gasteiger partial charge is 0.380 e. The average molecular weight is 244 g/mol. The van der Waals surface area contributed by atoms with E-state index < -0.39 is 6.10 Å². The Hall–Kier alpha value is -1.26. The van der Waals surface area contributed by atoms with Crippen LogP contribution in [0.15, 0.2) is 12.1 Å². The Labute approximate surface area is 111 Å². The van der Waals surface area contributed by atoms with Crippen LogP contribution in [0.1, 0.15) is 54.9 Å². The van der Waals surface area contributed by atoms with Gasteiger partial charge in [-0.2, -0.15) is 0 Å². The highest BCUT2D eigenvalue weighted by atomic mass is 16.3. The fourth-order valence-electron chi connectivity index (χ4n) is 1.92. The maximum atomic E-state index is 9.78. The molecule has 1 N–H and O–H groups in total. The maximum absolute atomic E-state index is 9.78. The van der Waals surface area contributed by atoms with E-state index in [4.69, 9.17) is 0 Å². The molecule has 0 aliphatic carbocycles. The molecule has 0 amide bonds. The second-order valence-electron chi connectivity index (χ2n) is 5.03. The molecule has 0 bridgehead atoms. The zero-order valence-electron chi connectivity index (χ0n) is 12.0. The molecule has 98 valence electrons. The lowest BCUT2D eigenvalue weighted by atomic mass is 10.0. The number of unbranched alkanes of at least 4 members (excludes halogenated alkanes) is 2. The first-order valence-electron chi connectivity index (χ1n) is 6.82. The first-order valence-corrected chi connectivity index (χ1v) is 6.82. The van der Waals surface area contributed by atoms with Crippen molar-refractivity contribution < 1.29 is 5.11 Å². The molecule has 1 rings (SSSR count). The molecular weight excluding hydrogens is 220 g/mol. The molecule has 0 aromatic heterocycles. The third kappa shape index (κ3) is 4.55. The van der Waals surface area contributed by atoms with E-state index in [2.05, 4.69) is 51.7 Å². The van der Waals surface area contributed by atoms with Gasteiger partial charge in [0.25, 0.3) is 0 Å². The predicted octanol–water partition coefficient (Wildman–Crippen LogP) is 3.90. The number of hydrogen-bond acceptors (Lipinski definition) is 1. The highest BCUT2D eigenvalue weighted by molar-refractivity contribution is 5.46. The van der Waals surface area contributed by atoms with Crippen molar-refractivity contribution in [2.24, 2.45) is 0 Å². The van der Waals surface area contributed by atoms with Crippen LogP contribution in [-0.2, 0) is 0 Å². The molecule has 1 aromatic rings. The summed E-state index contributed by atoms with van der Waals surface area (Å²) in [5, 5.41) is 9.78. The van der Waals surface area contributed by atoms with Gasteiger partial charge in [-0.15, -0.1) is 0 Å². The van der Waals surface area contributed by atoms with Crippen LogP contribution < -0.4 is 0 Å². The van der Waals surface area contributed by atoms with Crippen LogP contribution in [-0.4, -0.2) is 11.2 Å². The van der Waals surface area contributed by atoms with Gasteiger partial charge in [0, 0.05) is 5.56 Å². The third-order valence-corrected chi connectivity index (χ3v) is 3.30. The van der Waals surface area contributed by atoms with Gasteiger partial charge in [-0.3, -0.25) is 0 Å². The van der Waals surface area contributed by atoms with Crippen LogP contribution in [0.3, 0.4) is 0 Å². The standard InChI is InChI=1S/C17H24O/c1-5-6-7-8-17(18)10-9-16-12-14(3)13(2)11-15(16)4/h11-12,17-18H,5-8H2,1-4H3. The summed E-state index contributed by atoms with van der Waals surface area (Å²) in [4.78, 5) is 0. The van der Waals surface area contributed by atoms with E-state index in [0.717, 1.165) is 18.4 Å². The van der Waals surface area contributed by atoms with Gasteiger partial charge < -0.3 is 5.11 Å². The first-order chi connectivity index (χ1) is 8.54. The predicted molar refractivity (Wildman–Crippen MR) is 77.7 cm³/mol. The molecule has 1 unspecified atom stereocenters. The van der Waals surface area contributed by atoms with Gasteiger partial charge in [-0.25, -0.2) is 0 Å². The molecule has 0 aliphatic rings. The summed E-state index contributed by atoms with van der Waals surface area (Å²) in [5.41, 5.74) is 4.77. The summed E-state index contributed by atoms with van der Waals surface area (Å²) in [6.45, 7) is 8.44. The van der Waals surface area contributed by atoms with Crippen molar-refractivity contribution in [1.82, 2.24) is 0 Å². The molecule has 1 atom stereocenters. The topological polar surface area (TPSA) is 20.2 Å². The lowest BCUT2D eigenvalue weighted by Gasteiger charge is -2.05. The lowest BCUT2D eigenvalue weighted by molar-refractivity contribution is 0.217. The Kier molecular flexibility index (Phi) is 5.95. The molecule has 18 heavy (non-hydrogen) atoms. The van der Waals surface area contributed by atoms with Gasteiger partial charge >= 0.3 is 0 Å². The Morgan fingerprint density at radius 2 is 1.72 bits per heavy atom. The summed E-state index contributed by atoms with van der Waals surface area (Å²) < 4.78 is 0. The molecular formula is C17H24O. The molecule has 0 aliphatic heterocycles. The van der Waals surface area contributed by atoms with E-state index in [0.29, 0.717) is 0 Å². The van der Waals surface area contributed by atoms with Crippen molar-refractivity contribution in [2.75, 3.05) is 0 Å². The average Bonchev–Trinajstić information content (AvgIpc) is 2.32. The van der Waals surface area contributed by atoms with Crippen molar-refractivity contribution in [3.63, 3.8) is 0 Å².